The number of hydrogen-bond acceptors (Lipinski definition) is 3. The normalized spacial score (nSPS) is 12.0. The topological polar surface area (TPSA) is 30.5 Å². The Labute approximate surface area is 151 Å². The Morgan fingerprint density at radius 1 is 1.17 bits per heavy atom. The summed E-state index contributed by atoms with van der Waals surface area (Å²) in [6.45, 7) is 5.42. The zero-order valence-corrected chi connectivity index (χ0v) is 15.8. The van der Waals surface area contributed by atoms with Crippen LogP contribution in [0.5, 0.6) is 11.5 Å². The standard InChI is InChI=1S/C19H23BrFNO2/c1-4-13(2)22-11-15-9-18(23-3)19(10-17(15)20)24-12-14-5-7-16(21)8-6-14/h5-10,13,22H,4,11-12H2,1-3H3. The van der Waals surface area contributed by atoms with E-state index in [1.807, 2.05) is 12.1 Å². The van der Waals surface area contributed by atoms with Crippen molar-refractivity contribution in [3.63, 3.8) is 0 Å². The second kappa shape index (κ2) is 9.04. The van der Waals surface area contributed by atoms with Gasteiger partial charge in [0.15, 0.2) is 11.5 Å². The van der Waals surface area contributed by atoms with Gasteiger partial charge in [-0.2, -0.15) is 0 Å². The predicted molar refractivity (Wildman–Crippen MR) is 98.0 cm³/mol. The van der Waals surface area contributed by atoms with Gasteiger partial charge in [-0.1, -0.05) is 35.0 Å². The van der Waals surface area contributed by atoms with E-state index in [9.17, 15) is 4.39 Å². The van der Waals surface area contributed by atoms with Gasteiger partial charge in [-0.3, -0.25) is 0 Å². The van der Waals surface area contributed by atoms with E-state index >= 15 is 0 Å². The first-order valence-corrected chi connectivity index (χ1v) is 8.79. The van der Waals surface area contributed by atoms with Crippen LogP contribution in [0.3, 0.4) is 0 Å². The van der Waals surface area contributed by atoms with E-state index in [4.69, 9.17) is 9.47 Å². The largest absolute Gasteiger partial charge is 0.493 e. The Morgan fingerprint density at radius 2 is 1.88 bits per heavy atom. The van der Waals surface area contributed by atoms with Crippen LogP contribution in [0.2, 0.25) is 0 Å². The van der Waals surface area contributed by atoms with Crippen molar-refractivity contribution in [1.82, 2.24) is 5.32 Å². The molecule has 2 aromatic rings. The molecule has 24 heavy (non-hydrogen) atoms. The van der Waals surface area contributed by atoms with Gasteiger partial charge in [-0.15, -0.1) is 0 Å². The van der Waals surface area contributed by atoms with Crippen molar-refractivity contribution >= 4 is 15.9 Å². The molecular formula is C19H23BrFNO2. The van der Waals surface area contributed by atoms with Crippen LogP contribution in [-0.2, 0) is 13.2 Å². The molecule has 1 N–H and O–H groups in total. The van der Waals surface area contributed by atoms with Gasteiger partial charge in [-0.05, 0) is 48.7 Å². The third-order valence-corrected chi connectivity index (χ3v) is 4.63. The number of ether oxygens (including phenoxy) is 2. The fourth-order valence-electron chi connectivity index (χ4n) is 2.16. The molecule has 0 spiro atoms. The van der Waals surface area contributed by atoms with Gasteiger partial charge in [0.2, 0.25) is 0 Å². The van der Waals surface area contributed by atoms with E-state index in [1.54, 1.807) is 19.2 Å². The van der Waals surface area contributed by atoms with Gasteiger partial charge < -0.3 is 14.8 Å². The number of methoxy groups -OCH3 is 1. The maximum absolute atomic E-state index is 12.9. The van der Waals surface area contributed by atoms with Crippen LogP contribution < -0.4 is 14.8 Å². The Bertz CT molecular complexity index is 661. The average molecular weight is 396 g/mol. The van der Waals surface area contributed by atoms with Crippen LogP contribution in [0.25, 0.3) is 0 Å². The highest BCUT2D eigenvalue weighted by atomic mass is 79.9. The fraction of sp³-hybridized carbons (Fsp3) is 0.368. The summed E-state index contributed by atoms with van der Waals surface area (Å²) in [7, 11) is 1.62. The van der Waals surface area contributed by atoms with Crippen LogP contribution in [-0.4, -0.2) is 13.2 Å². The number of hydrogen-bond donors (Lipinski definition) is 1. The molecule has 0 bridgehead atoms. The smallest absolute Gasteiger partial charge is 0.162 e. The summed E-state index contributed by atoms with van der Waals surface area (Å²) in [5.74, 6) is 1.08. The van der Waals surface area contributed by atoms with Crippen molar-refractivity contribution < 1.29 is 13.9 Å². The average Bonchev–Trinajstić information content (AvgIpc) is 2.60. The molecule has 0 heterocycles. The van der Waals surface area contributed by atoms with E-state index in [-0.39, 0.29) is 5.82 Å². The van der Waals surface area contributed by atoms with Crippen molar-refractivity contribution in [2.75, 3.05) is 7.11 Å². The molecule has 0 saturated carbocycles. The quantitative estimate of drug-likeness (QED) is 0.676. The summed E-state index contributed by atoms with van der Waals surface area (Å²) in [6.07, 6.45) is 1.08. The first kappa shape index (κ1) is 18.7. The highest BCUT2D eigenvalue weighted by molar-refractivity contribution is 9.10. The van der Waals surface area contributed by atoms with Crippen LogP contribution in [0.4, 0.5) is 4.39 Å². The second-order valence-electron chi connectivity index (χ2n) is 5.70. The molecule has 1 atom stereocenters. The fourth-order valence-corrected chi connectivity index (χ4v) is 2.62. The summed E-state index contributed by atoms with van der Waals surface area (Å²) >= 11 is 3.59. The third-order valence-electron chi connectivity index (χ3n) is 3.89. The van der Waals surface area contributed by atoms with Gasteiger partial charge in [0.05, 0.1) is 7.11 Å². The van der Waals surface area contributed by atoms with Crippen LogP contribution in [0.15, 0.2) is 40.9 Å². The van der Waals surface area contributed by atoms with E-state index in [0.29, 0.717) is 24.1 Å². The van der Waals surface area contributed by atoms with Crippen molar-refractivity contribution in [3.8, 4) is 11.5 Å². The molecular weight excluding hydrogens is 373 g/mol. The molecule has 0 fully saturated rings. The molecule has 2 rings (SSSR count). The lowest BCUT2D eigenvalue weighted by molar-refractivity contribution is 0.284. The first-order chi connectivity index (χ1) is 11.5. The minimum atomic E-state index is -0.253. The minimum Gasteiger partial charge on any atom is -0.493 e. The van der Waals surface area contributed by atoms with Gasteiger partial charge in [-0.25, -0.2) is 4.39 Å². The Balaban J connectivity index is 2.09. The summed E-state index contributed by atoms with van der Waals surface area (Å²) in [4.78, 5) is 0. The molecule has 130 valence electrons. The highest BCUT2D eigenvalue weighted by Crippen LogP contribution is 2.34. The Hall–Kier alpha value is -1.59. The lowest BCUT2D eigenvalue weighted by Crippen LogP contribution is -2.24. The zero-order valence-electron chi connectivity index (χ0n) is 14.2. The molecule has 0 aliphatic heterocycles. The Kier molecular flexibility index (Phi) is 7.06. The number of benzene rings is 2. The molecule has 0 aliphatic carbocycles. The van der Waals surface area contributed by atoms with Gasteiger partial charge in [0.25, 0.3) is 0 Å². The maximum Gasteiger partial charge on any atom is 0.162 e. The number of nitrogens with one attached hydrogen (secondary N) is 1. The number of halogens is 2. The molecule has 0 aromatic heterocycles. The van der Waals surface area contributed by atoms with Crippen LogP contribution >= 0.6 is 15.9 Å². The minimum absolute atomic E-state index is 0.253. The molecule has 3 nitrogen and oxygen atoms in total. The van der Waals surface area contributed by atoms with E-state index in [0.717, 1.165) is 28.6 Å². The van der Waals surface area contributed by atoms with Crippen molar-refractivity contribution in [3.05, 3.63) is 57.8 Å². The summed E-state index contributed by atoms with van der Waals surface area (Å²) in [6, 6.07) is 10.6. The monoisotopic (exact) mass is 395 g/mol. The third kappa shape index (κ3) is 5.21. The molecule has 5 heteroatoms. The van der Waals surface area contributed by atoms with Crippen molar-refractivity contribution in [2.45, 2.75) is 39.5 Å². The van der Waals surface area contributed by atoms with E-state index < -0.39 is 0 Å². The number of rotatable bonds is 8. The SMILES string of the molecule is CCC(C)NCc1cc(OC)c(OCc2ccc(F)cc2)cc1Br. The van der Waals surface area contributed by atoms with Gasteiger partial charge >= 0.3 is 0 Å². The van der Waals surface area contributed by atoms with Crippen molar-refractivity contribution in [1.29, 1.82) is 0 Å². The molecule has 0 amide bonds. The first-order valence-electron chi connectivity index (χ1n) is 8.00. The maximum atomic E-state index is 12.9. The zero-order chi connectivity index (χ0) is 17.5. The van der Waals surface area contributed by atoms with Crippen LogP contribution in [0, 0.1) is 5.82 Å². The summed E-state index contributed by atoms with van der Waals surface area (Å²) in [5.41, 5.74) is 2.01. The molecule has 0 radical (unpaired) electrons. The Morgan fingerprint density at radius 3 is 2.50 bits per heavy atom. The molecule has 0 aliphatic rings. The van der Waals surface area contributed by atoms with E-state index in [2.05, 4.69) is 35.1 Å². The lowest BCUT2D eigenvalue weighted by atomic mass is 10.1. The van der Waals surface area contributed by atoms with E-state index in [1.165, 1.54) is 12.1 Å². The van der Waals surface area contributed by atoms with Gasteiger partial charge in [0, 0.05) is 17.1 Å². The van der Waals surface area contributed by atoms with Crippen LogP contribution in [0.1, 0.15) is 31.4 Å². The summed E-state index contributed by atoms with van der Waals surface area (Å²) in [5, 5.41) is 3.46. The summed E-state index contributed by atoms with van der Waals surface area (Å²) < 4.78 is 25.2. The lowest BCUT2D eigenvalue weighted by Gasteiger charge is -2.16. The molecule has 2 aromatic carbocycles. The molecule has 1 unspecified atom stereocenters. The van der Waals surface area contributed by atoms with Crippen molar-refractivity contribution in [2.24, 2.45) is 0 Å². The van der Waals surface area contributed by atoms with Gasteiger partial charge in [0.1, 0.15) is 12.4 Å². The molecule has 0 saturated heterocycles. The second-order valence-corrected chi connectivity index (χ2v) is 6.55. The predicted octanol–water partition coefficient (Wildman–Crippen LogP) is 5.06. The highest BCUT2D eigenvalue weighted by Gasteiger charge is 2.11.